The second kappa shape index (κ2) is 9.96. The summed E-state index contributed by atoms with van der Waals surface area (Å²) >= 11 is 1.27. The van der Waals surface area contributed by atoms with Crippen LogP contribution in [0, 0.1) is 5.92 Å². The Bertz CT molecular complexity index is 1100. The van der Waals surface area contributed by atoms with Crippen LogP contribution in [0.5, 0.6) is 0 Å². The number of pyridine rings is 1. The van der Waals surface area contributed by atoms with Crippen molar-refractivity contribution >= 4 is 29.6 Å². The molecule has 3 aliphatic rings. The number of nitrogens with one attached hydrogen (secondary N) is 2. The van der Waals surface area contributed by atoms with Crippen LogP contribution in [0.4, 0.5) is 4.79 Å². The Morgan fingerprint density at radius 3 is 2.71 bits per heavy atom. The largest absolute Gasteiger partial charge is 0.344 e. The molecule has 11 heteroatoms. The molecule has 4 amide bonds. The van der Waals surface area contributed by atoms with Gasteiger partial charge in [-0.25, -0.2) is 4.79 Å². The zero-order chi connectivity index (χ0) is 24.4. The minimum absolute atomic E-state index is 0.0103. The van der Waals surface area contributed by atoms with Gasteiger partial charge in [-0.2, -0.15) is 5.01 Å². The highest BCUT2D eigenvalue weighted by Gasteiger charge is 2.52. The van der Waals surface area contributed by atoms with Gasteiger partial charge in [-0.05, 0) is 43.7 Å². The van der Waals surface area contributed by atoms with E-state index in [4.69, 9.17) is 0 Å². The first-order valence-electron chi connectivity index (χ1n) is 12.4. The van der Waals surface area contributed by atoms with Crippen molar-refractivity contribution in [1.82, 2.24) is 35.5 Å². The molecule has 186 valence electrons. The fourth-order valence-corrected chi connectivity index (χ4v) is 6.33. The number of hydrazine groups is 1. The molecule has 2 aliphatic carbocycles. The molecule has 10 nitrogen and oxygen atoms in total. The molecule has 2 aromatic rings. The first-order chi connectivity index (χ1) is 17.0. The first-order valence-corrected chi connectivity index (χ1v) is 13.4. The van der Waals surface area contributed by atoms with Gasteiger partial charge in [-0.3, -0.25) is 24.6 Å². The predicted octanol–water partition coefficient (Wildman–Crippen LogP) is 3.47. The van der Waals surface area contributed by atoms with Gasteiger partial charge in [0, 0.05) is 24.0 Å². The van der Waals surface area contributed by atoms with Crippen molar-refractivity contribution < 1.29 is 14.4 Å². The van der Waals surface area contributed by atoms with Crippen LogP contribution in [0.2, 0.25) is 0 Å². The van der Waals surface area contributed by atoms with E-state index in [-0.39, 0.29) is 17.7 Å². The van der Waals surface area contributed by atoms with Gasteiger partial charge in [-0.1, -0.05) is 50.8 Å². The zero-order valence-corrected chi connectivity index (χ0v) is 20.7. The maximum absolute atomic E-state index is 12.9. The number of nitrogens with zero attached hydrogens (tertiary/aromatic N) is 5. The highest BCUT2D eigenvalue weighted by Crippen LogP contribution is 2.39. The van der Waals surface area contributed by atoms with Gasteiger partial charge < -0.3 is 5.32 Å². The highest BCUT2D eigenvalue weighted by molar-refractivity contribution is 7.99. The molecule has 0 radical (unpaired) electrons. The van der Waals surface area contributed by atoms with E-state index in [0.29, 0.717) is 23.9 Å². The Morgan fingerprint density at radius 2 is 1.97 bits per heavy atom. The van der Waals surface area contributed by atoms with E-state index in [9.17, 15) is 14.4 Å². The summed E-state index contributed by atoms with van der Waals surface area (Å²) in [4.78, 5) is 42.4. The fourth-order valence-electron chi connectivity index (χ4n) is 5.55. The Balaban J connectivity index is 1.30. The van der Waals surface area contributed by atoms with E-state index in [0.717, 1.165) is 54.9 Å². The van der Waals surface area contributed by atoms with Crippen LogP contribution in [0.15, 0.2) is 29.7 Å². The zero-order valence-electron chi connectivity index (χ0n) is 19.9. The van der Waals surface area contributed by atoms with Gasteiger partial charge in [0.25, 0.3) is 5.91 Å². The molecule has 0 aromatic carbocycles. The molecule has 1 saturated heterocycles. The molecule has 1 spiro atoms. The fraction of sp³-hybridized carbons (Fsp3) is 0.583. The molecule has 35 heavy (non-hydrogen) atoms. The monoisotopic (exact) mass is 497 g/mol. The van der Waals surface area contributed by atoms with E-state index in [1.165, 1.54) is 18.2 Å². The van der Waals surface area contributed by atoms with Crippen LogP contribution in [0.3, 0.4) is 0 Å². The Morgan fingerprint density at radius 1 is 1.17 bits per heavy atom. The average Bonchev–Trinajstić information content (AvgIpc) is 3.39. The summed E-state index contributed by atoms with van der Waals surface area (Å²) in [6.45, 7) is 2.25. The van der Waals surface area contributed by atoms with Crippen molar-refractivity contribution in [3.8, 4) is 11.4 Å². The molecular formula is C24H31N7O3S. The molecule has 5 rings (SSSR count). The normalized spacial score (nSPS) is 24.0. The Hall–Kier alpha value is -2.95. The lowest BCUT2D eigenvalue weighted by Gasteiger charge is -2.31. The molecular weight excluding hydrogens is 466 g/mol. The summed E-state index contributed by atoms with van der Waals surface area (Å²) < 4.78 is 2.14. The van der Waals surface area contributed by atoms with Crippen LogP contribution in [-0.4, -0.2) is 53.9 Å². The van der Waals surface area contributed by atoms with E-state index < -0.39 is 17.5 Å². The number of hydrogen-bond acceptors (Lipinski definition) is 7. The predicted molar refractivity (Wildman–Crippen MR) is 130 cm³/mol. The maximum atomic E-state index is 12.9. The average molecular weight is 498 g/mol. The number of hydrogen-bond donors (Lipinski definition) is 2. The van der Waals surface area contributed by atoms with Crippen molar-refractivity contribution in [2.75, 3.05) is 5.75 Å². The number of carbonyl (C=O) groups is 3. The number of amides is 4. The molecule has 2 N–H and O–H groups in total. The number of imide groups is 1. The van der Waals surface area contributed by atoms with Crippen molar-refractivity contribution in [3.05, 3.63) is 24.5 Å². The quantitative estimate of drug-likeness (QED) is 0.463. The van der Waals surface area contributed by atoms with E-state index >= 15 is 0 Å². The van der Waals surface area contributed by atoms with Gasteiger partial charge in [0.1, 0.15) is 5.54 Å². The smallest absolute Gasteiger partial charge is 0.322 e. The third kappa shape index (κ3) is 4.65. The van der Waals surface area contributed by atoms with Crippen molar-refractivity contribution in [1.29, 1.82) is 0 Å². The number of carbonyl (C=O) groups excluding carboxylic acids is 3. The Labute approximate surface area is 208 Å². The first kappa shape index (κ1) is 23.8. The maximum Gasteiger partial charge on any atom is 0.344 e. The summed E-state index contributed by atoms with van der Waals surface area (Å²) in [6, 6.07) is 3.50. The molecule has 0 bridgehead atoms. The number of rotatable bonds is 6. The summed E-state index contributed by atoms with van der Waals surface area (Å²) in [5.41, 5.74) is 2.52. The molecule has 1 aliphatic heterocycles. The second-order valence-corrected chi connectivity index (χ2v) is 10.7. The van der Waals surface area contributed by atoms with Crippen LogP contribution < -0.4 is 10.7 Å². The molecule has 2 atom stereocenters. The summed E-state index contributed by atoms with van der Waals surface area (Å²) in [5, 5.41) is 13.2. The lowest BCUT2D eigenvalue weighted by molar-refractivity contribution is -0.139. The second-order valence-electron chi connectivity index (χ2n) is 9.78. The van der Waals surface area contributed by atoms with Gasteiger partial charge in [0.05, 0.1) is 5.75 Å². The topological polar surface area (TPSA) is 122 Å². The van der Waals surface area contributed by atoms with Crippen LogP contribution >= 0.6 is 11.8 Å². The molecule has 3 fully saturated rings. The SMILES string of the molecule is C[C@H]1CCCC[C@@H]1n1c(SCC(=O)NN2C(=O)NC3(CCCCC3)C2=O)nnc1-c1cccnc1. The van der Waals surface area contributed by atoms with Gasteiger partial charge in [0.2, 0.25) is 5.91 Å². The number of aromatic nitrogens is 4. The summed E-state index contributed by atoms with van der Waals surface area (Å²) in [6.07, 6.45) is 12.0. The lowest BCUT2D eigenvalue weighted by Crippen LogP contribution is -2.51. The number of thioether (sulfide) groups is 1. The molecule has 0 unspecified atom stereocenters. The van der Waals surface area contributed by atoms with Gasteiger partial charge in [-0.15, -0.1) is 10.2 Å². The third-order valence-corrected chi connectivity index (χ3v) is 8.36. The van der Waals surface area contributed by atoms with Crippen LogP contribution in [0.25, 0.3) is 11.4 Å². The number of urea groups is 1. The molecule has 3 heterocycles. The van der Waals surface area contributed by atoms with Crippen LogP contribution in [-0.2, 0) is 9.59 Å². The van der Waals surface area contributed by atoms with E-state index in [1.54, 1.807) is 12.4 Å². The minimum Gasteiger partial charge on any atom is -0.322 e. The van der Waals surface area contributed by atoms with E-state index in [2.05, 4.69) is 37.4 Å². The van der Waals surface area contributed by atoms with Gasteiger partial charge in [0.15, 0.2) is 11.0 Å². The van der Waals surface area contributed by atoms with Crippen molar-refractivity contribution in [3.63, 3.8) is 0 Å². The van der Waals surface area contributed by atoms with Crippen LogP contribution in [0.1, 0.15) is 70.8 Å². The molecule has 2 aromatic heterocycles. The molecule has 2 saturated carbocycles. The lowest BCUT2D eigenvalue weighted by atomic mass is 9.82. The Kier molecular flexibility index (Phi) is 6.77. The standard InChI is InChI=1S/C24H31N7O3S/c1-16-8-3-4-10-18(16)30-20(17-9-7-13-25-14-17)27-28-23(30)35-15-19(32)29-31-21(33)24(26-22(31)34)11-5-2-6-12-24/h7,9,13-14,16,18H,2-6,8,10-12,15H2,1H3,(H,26,34)(H,29,32)/t16-,18-/m0/s1. The summed E-state index contributed by atoms with van der Waals surface area (Å²) in [7, 11) is 0. The highest BCUT2D eigenvalue weighted by atomic mass is 32.2. The van der Waals surface area contributed by atoms with E-state index in [1.807, 2.05) is 12.1 Å². The third-order valence-electron chi connectivity index (χ3n) is 7.42. The van der Waals surface area contributed by atoms with Gasteiger partial charge >= 0.3 is 6.03 Å². The van der Waals surface area contributed by atoms with Crippen molar-refractivity contribution in [2.45, 2.75) is 81.4 Å². The van der Waals surface area contributed by atoms with Crippen molar-refractivity contribution in [2.24, 2.45) is 5.92 Å². The summed E-state index contributed by atoms with van der Waals surface area (Å²) in [5.74, 6) is 0.421. The minimum atomic E-state index is -0.869.